The molecule has 0 aromatic heterocycles. The standard InChI is InChI=1S/C9H12F2O2/c10-9(11,8(12)13)7-4-5-1-2-6(7)3-5/h5-7H,1-4H2,(H,12,13). The van der Waals surface area contributed by atoms with E-state index in [0.717, 1.165) is 19.3 Å². The van der Waals surface area contributed by atoms with Crippen LogP contribution in [0.5, 0.6) is 0 Å². The third-order valence-corrected chi connectivity index (χ3v) is 3.49. The molecule has 3 unspecified atom stereocenters. The molecule has 2 saturated carbocycles. The fourth-order valence-corrected chi connectivity index (χ4v) is 2.85. The molecule has 0 heterocycles. The summed E-state index contributed by atoms with van der Waals surface area (Å²) in [5, 5.41) is 8.38. The monoisotopic (exact) mass is 190 g/mol. The summed E-state index contributed by atoms with van der Waals surface area (Å²) >= 11 is 0. The van der Waals surface area contributed by atoms with Gasteiger partial charge in [0.2, 0.25) is 0 Å². The molecule has 74 valence electrons. The molecule has 1 N–H and O–H groups in total. The Hall–Kier alpha value is -0.670. The molecule has 2 nitrogen and oxygen atoms in total. The van der Waals surface area contributed by atoms with Crippen LogP contribution < -0.4 is 0 Å². The second kappa shape index (κ2) is 2.66. The Labute approximate surface area is 74.9 Å². The van der Waals surface area contributed by atoms with Gasteiger partial charge in [-0.3, -0.25) is 0 Å². The molecule has 2 aliphatic carbocycles. The van der Waals surface area contributed by atoms with E-state index < -0.39 is 17.8 Å². The van der Waals surface area contributed by atoms with Gasteiger partial charge in [0.1, 0.15) is 0 Å². The molecule has 0 amide bonds. The van der Waals surface area contributed by atoms with Crippen LogP contribution in [0, 0.1) is 17.8 Å². The molecule has 2 fully saturated rings. The average molecular weight is 190 g/mol. The van der Waals surface area contributed by atoms with E-state index in [1.165, 1.54) is 0 Å². The maximum atomic E-state index is 13.1. The summed E-state index contributed by atoms with van der Waals surface area (Å²) in [5.41, 5.74) is 0. The molecule has 3 atom stereocenters. The first-order chi connectivity index (χ1) is 6.01. The fourth-order valence-electron chi connectivity index (χ4n) is 2.85. The number of carboxylic acids is 1. The van der Waals surface area contributed by atoms with Gasteiger partial charge in [-0.1, -0.05) is 6.42 Å². The highest BCUT2D eigenvalue weighted by Gasteiger charge is 2.56. The summed E-state index contributed by atoms with van der Waals surface area (Å²) in [4.78, 5) is 10.3. The van der Waals surface area contributed by atoms with Gasteiger partial charge < -0.3 is 5.11 Å². The van der Waals surface area contributed by atoms with Gasteiger partial charge in [-0.2, -0.15) is 8.78 Å². The van der Waals surface area contributed by atoms with Crippen molar-refractivity contribution in [2.75, 3.05) is 0 Å². The van der Waals surface area contributed by atoms with Crippen LogP contribution in [0.15, 0.2) is 0 Å². The summed E-state index contributed by atoms with van der Waals surface area (Å²) in [7, 11) is 0. The van der Waals surface area contributed by atoms with Gasteiger partial charge in [0.15, 0.2) is 0 Å². The molecule has 0 aromatic rings. The first-order valence-electron chi connectivity index (χ1n) is 4.63. The SMILES string of the molecule is O=C(O)C(F)(F)C1CC2CCC1C2. The van der Waals surface area contributed by atoms with E-state index in [0.29, 0.717) is 12.3 Å². The van der Waals surface area contributed by atoms with Crippen LogP contribution >= 0.6 is 0 Å². The number of alkyl halides is 2. The Morgan fingerprint density at radius 1 is 1.31 bits per heavy atom. The van der Waals surface area contributed by atoms with E-state index in [4.69, 9.17) is 5.11 Å². The molecule has 0 radical (unpaired) electrons. The predicted molar refractivity (Wildman–Crippen MR) is 41.5 cm³/mol. The largest absolute Gasteiger partial charge is 0.477 e. The summed E-state index contributed by atoms with van der Waals surface area (Å²) in [6.45, 7) is 0. The van der Waals surface area contributed by atoms with Crippen molar-refractivity contribution in [3.05, 3.63) is 0 Å². The minimum atomic E-state index is -3.50. The topological polar surface area (TPSA) is 37.3 Å². The molecule has 2 bridgehead atoms. The third kappa shape index (κ3) is 1.23. The van der Waals surface area contributed by atoms with Crippen LogP contribution in [-0.2, 0) is 4.79 Å². The van der Waals surface area contributed by atoms with Crippen molar-refractivity contribution in [1.29, 1.82) is 0 Å². The molecular weight excluding hydrogens is 178 g/mol. The second-order valence-electron chi connectivity index (χ2n) is 4.21. The van der Waals surface area contributed by atoms with Crippen LogP contribution in [0.1, 0.15) is 25.7 Å². The van der Waals surface area contributed by atoms with Gasteiger partial charge in [0.05, 0.1) is 0 Å². The van der Waals surface area contributed by atoms with E-state index >= 15 is 0 Å². The maximum Gasteiger partial charge on any atom is 0.374 e. The Morgan fingerprint density at radius 3 is 2.38 bits per heavy atom. The molecular formula is C9H12F2O2. The summed E-state index contributed by atoms with van der Waals surface area (Å²) in [6.07, 6.45) is 3.02. The van der Waals surface area contributed by atoms with Crippen molar-refractivity contribution in [2.45, 2.75) is 31.6 Å². The van der Waals surface area contributed by atoms with Crippen LogP contribution in [0.4, 0.5) is 8.78 Å². The predicted octanol–water partition coefficient (Wildman–Crippen LogP) is 2.14. The molecule has 0 aliphatic heterocycles. The zero-order valence-corrected chi connectivity index (χ0v) is 7.17. The van der Waals surface area contributed by atoms with Gasteiger partial charge in [0, 0.05) is 5.92 Å². The molecule has 0 spiro atoms. The van der Waals surface area contributed by atoms with E-state index in [-0.39, 0.29) is 5.92 Å². The van der Waals surface area contributed by atoms with Crippen LogP contribution in [-0.4, -0.2) is 17.0 Å². The van der Waals surface area contributed by atoms with Crippen molar-refractivity contribution in [3.63, 3.8) is 0 Å². The number of hydrogen-bond acceptors (Lipinski definition) is 1. The van der Waals surface area contributed by atoms with Crippen molar-refractivity contribution >= 4 is 5.97 Å². The zero-order valence-electron chi connectivity index (χ0n) is 7.17. The van der Waals surface area contributed by atoms with Gasteiger partial charge in [-0.15, -0.1) is 0 Å². The van der Waals surface area contributed by atoms with Crippen molar-refractivity contribution in [1.82, 2.24) is 0 Å². The Morgan fingerprint density at radius 2 is 2.00 bits per heavy atom. The lowest BCUT2D eigenvalue weighted by molar-refractivity contribution is -0.176. The lowest BCUT2D eigenvalue weighted by Crippen LogP contribution is -2.39. The first kappa shape index (κ1) is 8.91. The summed E-state index contributed by atoms with van der Waals surface area (Å²) in [5.74, 6) is -6.04. The maximum absolute atomic E-state index is 13.1. The number of hydrogen-bond donors (Lipinski definition) is 1. The molecule has 2 aliphatic rings. The van der Waals surface area contributed by atoms with Crippen LogP contribution in [0.3, 0.4) is 0 Å². The highest BCUT2D eigenvalue weighted by molar-refractivity contribution is 5.75. The second-order valence-corrected chi connectivity index (χ2v) is 4.21. The van der Waals surface area contributed by atoms with E-state index in [2.05, 4.69) is 0 Å². The highest BCUT2D eigenvalue weighted by atomic mass is 19.3. The zero-order chi connectivity index (χ0) is 9.64. The van der Waals surface area contributed by atoms with Gasteiger partial charge in [-0.25, -0.2) is 4.79 Å². The van der Waals surface area contributed by atoms with Gasteiger partial charge in [-0.05, 0) is 31.1 Å². The Kier molecular flexibility index (Phi) is 1.82. The number of aliphatic carboxylic acids is 1. The summed E-state index contributed by atoms with van der Waals surface area (Å²) < 4.78 is 26.2. The van der Waals surface area contributed by atoms with Gasteiger partial charge >= 0.3 is 11.9 Å². The molecule has 4 heteroatoms. The van der Waals surface area contributed by atoms with Gasteiger partial charge in [0.25, 0.3) is 0 Å². The number of halogens is 2. The quantitative estimate of drug-likeness (QED) is 0.724. The van der Waals surface area contributed by atoms with Crippen molar-refractivity contribution in [2.24, 2.45) is 17.8 Å². The Bertz CT molecular complexity index is 240. The van der Waals surface area contributed by atoms with Crippen molar-refractivity contribution in [3.8, 4) is 0 Å². The number of rotatable bonds is 2. The smallest absolute Gasteiger partial charge is 0.374 e. The van der Waals surface area contributed by atoms with E-state index in [1.807, 2.05) is 0 Å². The number of carboxylic acid groups (broad SMARTS) is 1. The molecule has 13 heavy (non-hydrogen) atoms. The summed E-state index contributed by atoms with van der Waals surface area (Å²) in [6, 6.07) is 0. The lowest BCUT2D eigenvalue weighted by atomic mass is 9.84. The lowest BCUT2D eigenvalue weighted by Gasteiger charge is -2.26. The third-order valence-electron chi connectivity index (χ3n) is 3.49. The first-order valence-corrected chi connectivity index (χ1v) is 4.63. The number of fused-ring (bicyclic) bond motifs is 2. The number of carbonyl (C=O) groups is 1. The fraction of sp³-hybridized carbons (Fsp3) is 0.889. The normalized spacial score (nSPS) is 38.2. The molecule has 2 rings (SSSR count). The molecule has 0 aromatic carbocycles. The van der Waals surface area contributed by atoms with E-state index in [9.17, 15) is 13.6 Å². The average Bonchev–Trinajstić information content (AvgIpc) is 2.63. The highest BCUT2D eigenvalue weighted by Crippen LogP contribution is 2.53. The van der Waals surface area contributed by atoms with Crippen LogP contribution in [0.2, 0.25) is 0 Å². The van der Waals surface area contributed by atoms with Crippen LogP contribution in [0.25, 0.3) is 0 Å². The Balaban J connectivity index is 2.14. The minimum absolute atomic E-state index is 0.0453. The van der Waals surface area contributed by atoms with E-state index in [1.54, 1.807) is 0 Å². The minimum Gasteiger partial charge on any atom is -0.477 e. The van der Waals surface area contributed by atoms with Crippen molar-refractivity contribution < 1.29 is 18.7 Å². The molecule has 0 saturated heterocycles.